The molecule has 1 aliphatic rings. The number of unbranched alkanes of at least 4 members (excludes halogenated alkanes) is 33. The van der Waals surface area contributed by atoms with Crippen LogP contribution in [-0.4, -0.2) is 426 Å². The van der Waals surface area contributed by atoms with Gasteiger partial charge in [-0.05, 0) is 19.3 Å². The SMILES string of the molecule is CCCCCCCCCCCCCCOc1cc(NC(=O)NC2COCCOCCOCCOCCOCCOCCOCCOCCOCCOCCOCCOCCOCCOCCOCCOCCOCCOCCOCCOCCOCCOCCOCCOCCOCCOCCOCCOCCOCC2O)cc(OCCCCCCCCCCCCCC)c1OCCCCCCCCCCCCCC. The van der Waals surface area contributed by atoms with E-state index in [0.717, 1.165) is 51.4 Å². The first-order chi connectivity index (χ1) is 72.1. The lowest BCUT2D eigenvalue weighted by Crippen LogP contribution is -2.49. The van der Waals surface area contributed by atoms with Crippen molar-refractivity contribution in [1.29, 1.82) is 0 Å². The number of hydrogen-bond acceptors (Lipinski definition) is 34. The van der Waals surface area contributed by atoms with Gasteiger partial charge in [0, 0.05) is 12.1 Å². The largest absolute Gasteiger partial charge is 0.489 e. The summed E-state index contributed by atoms with van der Waals surface area (Å²) in [5.41, 5.74) is 0.468. The van der Waals surface area contributed by atoms with Crippen molar-refractivity contribution in [1.82, 2.24) is 5.32 Å². The highest BCUT2D eigenvalue weighted by molar-refractivity contribution is 5.90. The van der Waals surface area contributed by atoms with Gasteiger partial charge in [0.15, 0.2) is 11.5 Å². The van der Waals surface area contributed by atoms with Crippen LogP contribution in [0.3, 0.4) is 0 Å². The Hall–Kier alpha value is -3.31. The minimum Gasteiger partial charge on any atom is -0.489 e. The van der Waals surface area contributed by atoms with Gasteiger partial charge in [0.2, 0.25) is 5.75 Å². The van der Waals surface area contributed by atoms with E-state index in [9.17, 15) is 9.90 Å². The van der Waals surface area contributed by atoms with Gasteiger partial charge in [0.25, 0.3) is 0 Å². The number of aliphatic hydroxyl groups excluding tert-OH is 1. The molecule has 0 aromatic heterocycles. The van der Waals surface area contributed by atoms with Gasteiger partial charge in [-0.2, -0.15) is 0 Å². The Kier molecular flexibility index (Phi) is 115. The van der Waals surface area contributed by atoms with Gasteiger partial charge in [0.1, 0.15) is 0 Å². The summed E-state index contributed by atoms with van der Waals surface area (Å²) in [6.07, 6.45) is 43.6. The highest BCUT2D eigenvalue weighted by Gasteiger charge is 2.25. The van der Waals surface area contributed by atoms with E-state index < -0.39 is 18.2 Å². The summed E-state index contributed by atoms with van der Waals surface area (Å²) in [6.45, 7) is 32.3. The molecule has 0 bridgehead atoms. The van der Waals surface area contributed by atoms with Crippen molar-refractivity contribution in [3.05, 3.63) is 12.1 Å². The molecule has 3 N–H and O–H groups in total. The van der Waals surface area contributed by atoms with Gasteiger partial charge in [-0.15, -0.1) is 0 Å². The maximum absolute atomic E-state index is 14.4. The number of nitrogens with one attached hydrogen (secondary N) is 2. The van der Waals surface area contributed by atoms with Crippen molar-refractivity contribution in [2.24, 2.45) is 0 Å². The van der Waals surface area contributed by atoms with Gasteiger partial charge in [-0.3, -0.25) is 0 Å². The molecule has 1 saturated heterocycles. The first-order valence-corrected chi connectivity index (χ1v) is 56.6. The van der Waals surface area contributed by atoms with Gasteiger partial charge < -0.3 is 167 Å². The molecular formula is C109H210N2O34. The van der Waals surface area contributed by atoms with Crippen molar-refractivity contribution < 1.29 is 161 Å². The molecule has 1 fully saturated rings. The fraction of sp³-hybridized carbons (Fsp3) is 0.936. The standard InChI is InChI=1S/C109H210N2O34/c1-4-7-10-13-16-19-22-25-28-31-34-37-40-143-106-99-103(100-107(144-41-38-35-32-29-26-23-20-17-14-11-8-5-2)108(106)145-42-39-36-33-30-27-24-21-18-15-12-9-6-3)110-109(113)111-104-101-141-97-95-139-93-91-137-89-87-135-85-83-133-81-79-131-77-75-129-73-71-127-69-67-125-65-63-123-61-59-121-57-55-119-53-51-117-49-47-115-45-43-114-44-46-116-48-50-118-52-54-120-56-58-122-60-62-124-64-66-126-68-70-128-72-74-130-76-78-132-80-82-134-84-86-136-88-90-138-92-94-140-96-98-142-102-105(104)112/h99-100,104-105,112H,4-98,101-102H2,1-3H3,(H2,110,111,113). The minimum atomic E-state index is -1.16. The zero-order valence-electron chi connectivity index (χ0n) is 91.3. The molecule has 2 atom stereocenters. The number of rotatable bonds is 44. The number of amides is 2. The molecule has 0 saturated carbocycles. The topological polar surface area (TPSA) is 357 Å². The Morgan fingerprint density at radius 1 is 0.214 bits per heavy atom. The van der Waals surface area contributed by atoms with Crippen LogP contribution in [0, 0.1) is 0 Å². The quantitative estimate of drug-likeness (QED) is 0.0511. The van der Waals surface area contributed by atoms with Crippen molar-refractivity contribution in [2.75, 3.05) is 408 Å². The van der Waals surface area contributed by atoms with E-state index in [4.69, 9.17) is 152 Å². The van der Waals surface area contributed by atoms with Crippen LogP contribution in [0.2, 0.25) is 0 Å². The molecule has 36 nitrogen and oxygen atoms in total. The van der Waals surface area contributed by atoms with Crippen molar-refractivity contribution >= 4 is 11.7 Å². The average Bonchev–Trinajstić information content (AvgIpc) is 0.817. The molecule has 2 amide bonds. The Morgan fingerprint density at radius 3 is 0.531 bits per heavy atom. The summed E-state index contributed by atoms with van der Waals surface area (Å²) in [5, 5.41) is 17.8. The molecule has 860 valence electrons. The lowest BCUT2D eigenvalue weighted by Gasteiger charge is -2.25. The van der Waals surface area contributed by atoms with Crippen molar-refractivity contribution in [2.45, 2.75) is 264 Å². The van der Waals surface area contributed by atoms with E-state index in [1.807, 2.05) is 12.1 Å². The molecule has 36 heteroatoms. The molecule has 1 aromatic rings. The normalized spacial score (nSPS) is 20.2. The van der Waals surface area contributed by atoms with Crippen molar-refractivity contribution in [3.63, 3.8) is 0 Å². The number of urea groups is 1. The van der Waals surface area contributed by atoms with Crippen LogP contribution in [0.25, 0.3) is 0 Å². The third-order valence-electron chi connectivity index (χ3n) is 22.8. The summed E-state index contributed by atoms with van der Waals surface area (Å²) < 4.78 is 184. The Balaban J connectivity index is 1.95. The number of aliphatic hydroxyl groups is 1. The van der Waals surface area contributed by atoms with Crippen LogP contribution in [0.15, 0.2) is 12.1 Å². The van der Waals surface area contributed by atoms with E-state index in [1.54, 1.807) is 0 Å². The fourth-order valence-corrected chi connectivity index (χ4v) is 14.5. The van der Waals surface area contributed by atoms with Gasteiger partial charge in [-0.1, -0.05) is 233 Å². The molecule has 0 spiro atoms. The second-order valence-electron chi connectivity index (χ2n) is 35.5. The third kappa shape index (κ3) is 106. The predicted molar refractivity (Wildman–Crippen MR) is 562 cm³/mol. The molecule has 1 heterocycles. The highest BCUT2D eigenvalue weighted by Crippen LogP contribution is 2.42. The van der Waals surface area contributed by atoms with E-state index >= 15 is 0 Å². The van der Waals surface area contributed by atoms with E-state index in [1.165, 1.54) is 180 Å². The molecule has 2 unspecified atom stereocenters. The van der Waals surface area contributed by atoms with Gasteiger partial charge >= 0.3 is 6.03 Å². The van der Waals surface area contributed by atoms with Crippen LogP contribution in [0.4, 0.5) is 10.5 Å². The molecule has 0 radical (unpaired) electrons. The summed E-state index contributed by atoms with van der Waals surface area (Å²) >= 11 is 0. The van der Waals surface area contributed by atoms with Crippen LogP contribution in [0.1, 0.15) is 252 Å². The Bertz CT molecular complexity index is 2590. The lowest BCUT2D eigenvalue weighted by atomic mass is 10.1. The molecular weight excluding hydrogens is 1880 g/mol. The number of hydrogen-bond donors (Lipinski definition) is 3. The zero-order chi connectivity index (χ0) is 103. The molecule has 145 heavy (non-hydrogen) atoms. The van der Waals surface area contributed by atoms with Crippen LogP contribution < -0.4 is 24.8 Å². The summed E-state index contributed by atoms with van der Waals surface area (Å²) in [6, 6.07) is 2.23. The van der Waals surface area contributed by atoms with Gasteiger partial charge in [-0.25, -0.2) is 4.79 Å². The number of carbonyl (C=O) groups is 1. The summed E-state index contributed by atoms with van der Waals surface area (Å²) in [5.74, 6) is 1.63. The smallest absolute Gasteiger partial charge is 0.319 e. The molecule has 2 rings (SSSR count). The molecule has 0 aliphatic carbocycles. The van der Waals surface area contributed by atoms with Crippen LogP contribution in [0.5, 0.6) is 17.2 Å². The monoisotopic (exact) mass is 2090 g/mol. The first kappa shape index (κ1) is 138. The first-order valence-electron chi connectivity index (χ1n) is 56.6. The maximum atomic E-state index is 14.4. The molecule has 1 aromatic carbocycles. The van der Waals surface area contributed by atoms with Gasteiger partial charge in [0.05, 0.1) is 421 Å². The predicted octanol–water partition coefficient (Wildman–Crippen LogP) is 16.3. The second kappa shape index (κ2) is 121. The highest BCUT2D eigenvalue weighted by atomic mass is 16.6. The summed E-state index contributed by atoms with van der Waals surface area (Å²) in [4.78, 5) is 14.4. The number of ether oxygens (including phenoxy) is 32. The molecule has 1 aliphatic heterocycles. The Labute approximate surface area is 876 Å². The fourth-order valence-electron chi connectivity index (χ4n) is 14.5. The van der Waals surface area contributed by atoms with E-state index in [2.05, 4.69) is 31.4 Å². The second-order valence-corrected chi connectivity index (χ2v) is 35.5. The number of carbonyl (C=O) groups excluding carboxylic acids is 1. The summed E-state index contributed by atoms with van der Waals surface area (Å²) in [7, 11) is 0. The lowest BCUT2D eigenvalue weighted by molar-refractivity contribution is -0.0396. The van der Waals surface area contributed by atoms with Crippen LogP contribution >= 0.6 is 0 Å². The van der Waals surface area contributed by atoms with E-state index in [-0.39, 0.29) is 39.6 Å². The minimum absolute atomic E-state index is 0.0395. The Morgan fingerprint density at radius 2 is 0.359 bits per heavy atom. The zero-order valence-corrected chi connectivity index (χ0v) is 91.3. The maximum Gasteiger partial charge on any atom is 0.319 e. The third-order valence-corrected chi connectivity index (χ3v) is 22.8. The average molecular weight is 2090 g/mol. The number of anilines is 1. The van der Waals surface area contributed by atoms with Crippen LogP contribution in [-0.2, 0) is 137 Å². The number of benzene rings is 1. The van der Waals surface area contributed by atoms with Crippen molar-refractivity contribution in [3.8, 4) is 17.2 Å². The van der Waals surface area contributed by atoms with E-state index in [0.29, 0.717) is 386 Å².